The number of rotatable bonds is 6. The summed E-state index contributed by atoms with van der Waals surface area (Å²) in [6.07, 6.45) is 0.761. The summed E-state index contributed by atoms with van der Waals surface area (Å²) in [5.74, 6) is -1.01. The number of imide groups is 1. The van der Waals surface area contributed by atoms with Crippen molar-refractivity contribution in [3.63, 3.8) is 0 Å². The second kappa shape index (κ2) is 7.46. The van der Waals surface area contributed by atoms with E-state index >= 15 is 0 Å². The van der Waals surface area contributed by atoms with Crippen LogP contribution in [0.5, 0.6) is 0 Å². The van der Waals surface area contributed by atoms with Crippen molar-refractivity contribution in [1.29, 1.82) is 0 Å². The zero-order valence-corrected chi connectivity index (χ0v) is 15.1. The molecule has 7 nitrogen and oxygen atoms in total. The van der Waals surface area contributed by atoms with Gasteiger partial charge in [-0.1, -0.05) is 23.4 Å². The van der Waals surface area contributed by atoms with Gasteiger partial charge in [-0.3, -0.25) is 14.9 Å². The lowest BCUT2D eigenvalue weighted by molar-refractivity contribution is -0.134. The van der Waals surface area contributed by atoms with Crippen LogP contribution in [-0.2, 0) is 20.9 Å². The molecule has 0 aliphatic carbocycles. The van der Waals surface area contributed by atoms with Crippen LogP contribution in [0.25, 0.3) is 21.7 Å². The molecule has 1 atom stereocenters. The highest BCUT2D eigenvalue weighted by molar-refractivity contribution is 6.10. The van der Waals surface area contributed by atoms with Gasteiger partial charge in [-0.2, -0.15) is 0 Å². The van der Waals surface area contributed by atoms with E-state index in [0.717, 1.165) is 34.8 Å². The number of hydrogen-bond acceptors (Lipinski definition) is 6. The quantitative estimate of drug-likeness (QED) is 0.513. The molecule has 27 heavy (non-hydrogen) atoms. The van der Waals surface area contributed by atoms with Crippen molar-refractivity contribution < 1.29 is 18.8 Å². The van der Waals surface area contributed by atoms with E-state index in [2.05, 4.69) is 27.9 Å². The van der Waals surface area contributed by atoms with Crippen LogP contribution in [0.1, 0.15) is 30.0 Å². The first kappa shape index (κ1) is 17.6. The third-order valence-electron chi connectivity index (χ3n) is 4.93. The van der Waals surface area contributed by atoms with Crippen molar-refractivity contribution >= 4 is 33.6 Å². The number of hydrogen-bond donors (Lipinski definition) is 2. The Morgan fingerprint density at radius 2 is 2.19 bits per heavy atom. The third kappa shape index (κ3) is 3.43. The zero-order chi connectivity index (χ0) is 18.8. The first-order valence-corrected chi connectivity index (χ1v) is 9.01. The Bertz CT molecular complexity index is 1010. The molecule has 0 spiro atoms. The molecule has 1 aromatic heterocycles. The van der Waals surface area contributed by atoms with E-state index in [9.17, 15) is 9.59 Å². The number of aromatic nitrogens is 1. The highest BCUT2D eigenvalue weighted by Gasteiger charge is 2.32. The predicted molar refractivity (Wildman–Crippen MR) is 100 cm³/mol. The van der Waals surface area contributed by atoms with Crippen molar-refractivity contribution in [2.75, 3.05) is 20.3 Å². The smallest absolute Gasteiger partial charge is 0.235 e. The summed E-state index contributed by atoms with van der Waals surface area (Å²) in [6.45, 7) is 2.21. The monoisotopic (exact) mass is 367 g/mol. The minimum Gasteiger partial charge on any atom is -0.383 e. The van der Waals surface area contributed by atoms with Crippen LogP contribution in [-0.4, -0.2) is 37.2 Å². The van der Waals surface area contributed by atoms with E-state index in [1.165, 1.54) is 0 Å². The summed E-state index contributed by atoms with van der Waals surface area (Å²) < 4.78 is 10.5. The molecule has 1 saturated heterocycles. The van der Waals surface area contributed by atoms with Crippen LogP contribution in [0.3, 0.4) is 0 Å². The van der Waals surface area contributed by atoms with E-state index in [-0.39, 0.29) is 11.8 Å². The Labute approximate surface area is 156 Å². The standard InChI is InChI=1S/C20H21N3O4/c1-26-9-8-21-11-12-2-4-14-13(10-12)3-6-16-18(14)19(23-27-16)15-5-7-17(24)22-20(15)25/h2-4,6,10,15,21H,5,7-9,11H2,1H3,(H,22,24,25). The number of carbonyl (C=O) groups excluding carboxylic acids is 2. The molecule has 2 N–H and O–H groups in total. The summed E-state index contributed by atoms with van der Waals surface area (Å²) in [7, 11) is 1.68. The number of ether oxygens (including phenoxy) is 1. The van der Waals surface area contributed by atoms with Crippen LogP contribution in [0, 0.1) is 0 Å². The van der Waals surface area contributed by atoms with Crippen LogP contribution in [0.2, 0.25) is 0 Å². The summed E-state index contributed by atoms with van der Waals surface area (Å²) in [5.41, 5.74) is 2.41. The number of amides is 2. The average Bonchev–Trinajstić information content (AvgIpc) is 3.09. The molecular formula is C20H21N3O4. The van der Waals surface area contributed by atoms with Crippen molar-refractivity contribution in [3.05, 3.63) is 41.6 Å². The fourth-order valence-electron chi connectivity index (χ4n) is 3.55. The van der Waals surface area contributed by atoms with Crippen molar-refractivity contribution in [3.8, 4) is 0 Å². The minimum absolute atomic E-state index is 0.237. The van der Waals surface area contributed by atoms with E-state index < -0.39 is 5.92 Å². The zero-order valence-electron chi connectivity index (χ0n) is 15.1. The van der Waals surface area contributed by atoms with Gasteiger partial charge in [0.15, 0.2) is 5.58 Å². The predicted octanol–water partition coefficient (Wildman–Crippen LogP) is 2.24. The van der Waals surface area contributed by atoms with Gasteiger partial charge >= 0.3 is 0 Å². The molecule has 7 heteroatoms. The van der Waals surface area contributed by atoms with Gasteiger partial charge in [0.25, 0.3) is 0 Å². The first-order valence-electron chi connectivity index (χ1n) is 9.01. The van der Waals surface area contributed by atoms with E-state index in [0.29, 0.717) is 30.7 Å². The van der Waals surface area contributed by atoms with Gasteiger partial charge in [0, 0.05) is 26.6 Å². The topological polar surface area (TPSA) is 93.5 Å². The van der Waals surface area contributed by atoms with Gasteiger partial charge in [-0.25, -0.2) is 0 Å². The maximum absolute atomic E-state index is 12.3. The van der Waals surface area contributed by atoms with E-state index in [4.69, 9.17) is 9.26 Å². The fraction of sp³-hybridized carbons (Fsp3) is 0.350. The highest BCUT2D eigenvalue weighted by atomic mass is 16.5. The molecule has 1 aliphatic rings. The number of piperidine rings is 1. The third-order valence-corrected chi connectivity index (χ3v) is 4.93. The Morgan fingerprint density at radius 1 is 1.30 bits per heavy atom. The molecule has 0 radical (unpaired) electrons. The largest absolute Gasteiger partial charge is 0.383 e. The molecule has 0 bridgehead atoms. The Balaban J connectivity index is 1.69. The highest BCUT2D eigenvalue weighted by Crippen LogP contribution is 2.35. The molecule has 0 saturated carbocycles. The lowest BCUT2D eigenvalue weighted by Crippen LogP contribution is -2.39. The Kier molecular flexibility index (Phi) is 4.87. The SMILES string of the molecule is COCCNCc1ccc2c(ccc3onc(C4CCC(=O)NC4=O)c32)c1. The van der Waals surface area contributed by atoms with Gasteiger partial charge in [-0.05, 0) is 34.9 Å². The van der Waals surface area contributed by atoms with Crippen molar-refractivity contribution in [1.82, 2.24) is 15.8 Å². The normalized spacial score (nSPS) is 17.6. The maximum atomic E-state index is 12.3. The van der Waals surface area contributed by atoms with Crippen molar-refractivity contribution in [2.24, 2.45) is 0 Å². The molecule has 1 fully saturated rings. The molecular weight excluding hydrogens is 346 g/mol. The summed E-state index contributed by atoms with van der Waals surface area (Å²) in [4.78, 5) is 23.7. The van der Waals surface area contributed by atoms with E-state index in [1.54, 1.807) is 7.11 Å². The van der Waals surface area contributed by atoms with Gasteiger partial charge < -0.3 is 14.6 Å². The lowest BCUT2D eigenvalue weighted by atomic mass is 9.91. The summed E-state index contributed by atoms with van der Waals surface area (Å²) in [5, 5.41) is 12.8. The lowest BCUT2D eigenvalue weighted by Gasteiger charge is -2.19. The second-order valence-electron chi connectivity index (χ2n) is 6.74. The van der Waals surface area contributed by atoms with Crippen molar-refractivity contribution in [2.45, 2.75) is 25.3 Å². The number of nitrogens with zero attached hydrogens (tertiary/aromatic N) is 1. The number of nitrogens with one attached hydrogen (secondary N) is 2. The molecule has 1 unspecified atom stereocenters. The molecule has 2 heterocycles. The molecule has 140 valence electrons. The fourth-order valence-corrected chi connectivity index (χ4v) is 3.55. The second-order valence-corrected chi connectivity index (χ2v) is 6.74. The number of carbonyl (C=O) groups is 2. The molecule has 2 amide bonds. The molecule has 1 aliphatic heterocycles. The first-order chi connectivity index (χ1) is 13.2. The Hall–Kier alpha value is -2.77. The van der Waals surface area contributed by atoms with Gasteiger partial charge in [0.05, 0.1) is 17.9 Å². The van der Waals surface area contributed by atoms with Gasteiger partial charge in [-0.15, -0.1) is 0 Å². The van der Waals surface area contributed by atoms with Gasteiger partial charge in [0.2, 0.25) is 11.8 Å². The average molecular weight is 367 g/mol. The van der Waals surface area contributed by atoms with Gasteiger partial charge in [0.1, 0.15) is 5.69 Å². The van der Waals surface area contributed by atoms with E-state index in [1.807, 2.05) is 18.2 Å². The van der Waals surface area contributed by atoms with Crippen LogP contribution in [0.15, 0.2) is 34.9 Å². The molecule has 4 rings (SSSR count). The van der Waals surface area contributed by atoms with Crippen LogP contribution < -0.4 is 10.6 Å². The summed E-state index contributed by atoms with van der Waals surface area (Å²) in [6, 6.07) is 10.1. The molecule has 2 aromatic carbocycles. The maximum Gasteiger partial charge on any atom is 0.235 e. The number of benzene rings is 2. The minimum atomic E-state index is -0.468. The Morgan fingerprint density at radius 3 is 3.00 bits per heavy atom. The summed E-state index contributed by atoms with van der Waals surface area (Å²) >= 11 is 0. The van der Waals surface area contributed by atoms with Crippen LogP contribution in [0.4, 0.5) is 0 Å². The number of fused-ring (bicyclic) bond motifs is 3. The molecule has 3 aromatic rings. The number of methoxy groups -OCH3 is 1. The van der Waals surface area contributed by atoms with Crippen LogP contribution >= 0.6 is 0 Å².